The summed E-state index contributed by atoms with van der Waals surface area (Å²) >= 11 is 0. The molecule has 0 aliphatic heterocycles. The molecule has 0 spiro atoms. The first-order valence-corrected chi connectivity index (χ1v) is 9.56. The van der Waals surface area contributed by atoms with Crippen molar-refractivity contribution in [2.75, 3.05) is 5.32 Å². The van der Waals surface area contributed by atoms with Gasteiger partial charge in [0.1, 0.15) is 5.75 Å². The highest BCUT2D eigenvalue weighted by Crippen LogP contribution is 2.34. The SMILES string of the molecule is Cc1cc(CO)cc(C)c1NC(=O)c1nccc(-c2ccccc2OC(F)(F)P)n1. The highest BCUT2D eigenvalue weighted by molar-refractivity contribution is 7.17. The highest BCUT2D eigenvalue weighted by Gasteiger charge is 2.25. The summed E-state index contributed by atoms with van der Waals surface area (Å²) in [6, 6.07) is 11.2. The number of nitrogens with one attached hydrogen (secondary N) is 1. The smallest absolute Gasteiger partial charge is 0.408 e. The Bertz CT molecular complexity index is 1060. The highest BCUT2D eigenvalue weighted by atomic mass is 31.0. The number of amides is 1. The van der Waals surface area contributed by atoms with Gasteiger partial charge < -0.3 is 15.2 Å². The molecular weight excluding hydrogens is 411 g/mol. The number of para-hydroxylation sites is 1. The van der Waals surface area contributed by atoms with Crippen molar-refractivity contribution in [1.82, 2.24) is 9.97 Å². The first-order valence-electron chi connectivity index (χ1n) is 8.98. The minimum Gasteiger partial charge on any atom is -0.429 e. The maximum absolute atomic E-state index is 13.3. The van der Waals surface area contributed by atoms with Gasteiger partial charge >= 0.3 is 5.85 Å². The lowest BCUT2D eigenvalue weighted by molar-refractivity contribution is -0.0888. The zero-order valence-corrected chi connectivity index (χ0v) is 17.5. The van der Waals surface area contributed by atoms with Gasteiger partial charge in [0, 0.05) is 17.4 Å². The molecule has 156 valence electrons. The topological polar surface area (TPSA) is 84.3 Å². The minimum atomic E-state index is -3.45. The quantitative estimate of drug-likeness (QED) is 0.569. The molecule has 1 heterocycles. The number of halogens is 2. The molecule has 2 N–H and O–H groups in total. The van der Waals surface area contributed by atoms with Gasteiger partial charge in [-0.2, -0.15) is 8.78 Å². The van der Waals surface area contributed by atoms with E-state index >= 15 is 0 Å². The molecule has 3 rings (SSSR count). The molecule has 0 aliphatic carbocycles. The maximum atomic E-state index is 13.3. The summed E-state index contributed by atoms with van der Waals surface area (Å²) in [5.41, 5.74) is 3.47. The summed E-state index contributed by atoms with van der Waals surface area (Å²) in [6.45, 7) is 3.53. The van der Waals surface area contributed by atoms with Crippen molar-refractivity contribution < 1.29 is 23.4 Å². The van der Waals surface area contributed by atoms with E-state index in [0.717, 1.165) is 16.7 Å². The third-order valence-corrected chi connectivity index (χ3v) is 4.40. The molecule has 1 aromatic heterocycles. The van der Waals surface area contributed by atoms with Crippen LogP contribution >= 0.6 is 9.24 Å². The van der Waals surface area contributed by atoms with Crippen LogP contribution in [0.3, 0.4) is 0 Å². The van der Waals surface area contributed by atoms with Crippen LogP contribution in [0, 0.1) is 13.8 Å². The minimum absolute atomic E-state index is 0.0751. The predicted molar refractivity (Wildman–Crippen MR) is 113 cm³/mol. The molecule has 30 heavy (non-hydrogen) atoms. The van der Waals surface area contributed by atoms with Crippen molar-refractivity contribution in [3.8, 4) is 17.0 Å². The van der Waals surface area contributed by atoms with Gasteiger partial charge in [-0.05, 0) is 58.0 Å². The summed E-state index contributed by atoms with van der Waals surface area (Å²) in [5.74, 6) is -4.19. The van der Waals surface area contributed by atoms with Crippen LogP contribution in [0.5, 0.6) is 5.75 Å². The Hall–Kier alpha value is -2.96. The number of alkyl halides is 2. The maximum Gasteiger partial charge on any atom is 0.408 e. The van der Waals surface area contributed by atoms with Gasteiger partial charge in [-0.25, -0.2) is 9.97 Å². The summed E-state index contributed by atoms with van der Waals surface area (Å²) in [7, 11) is 1.32. The Labute approximate surface area is 174 Å². The third-order valence-electron chi connectivity index (χ3n) is 4.28. The lowest BCUT2D eigenvalue weighted by Gasteiger charge is -2.16. The van der Waals surface area contributed by atoms with Gasteiger partial charge in [0.05, 0.1) is 12.3 Å². The van der Waals surface area contributed by atoms with Gasteiger partial charge in [0.25, 0.3) is 5.91 Å². The molecule has 1 atom stereocenters. The van der Waals surface area contributed by atoms with Crippen LogP contribution in [0.2, 0.25) is 0 Å². The van der Waals surface area contributed by atoms with Crippen molar-refractivity contribution in [2.45, 2.75) is 26.3 Å². The first-order chi connectivity index (χ1) is 14.2. The molecule has 1 amide bonds. The fourth-order valence-electron chi connectivity index (χ4n) is 3.04. The van der Waals surface area contributed by atoms with Gasteiger partial charge in [-0.3, -0.25) is 4.79 Å². The van der Waals surface area contributed by atoms with E-state index in [1.807, 2.05) is 13.8 Å². The van der Waals surface area contributed by atoms with Crippen LogP contribution < -0.4 is 10.1 Å². The van der Waals surface area contributed by atoms with Crippen molar-refractivity contribution in [3.63, 3.8) is 0 Å². The molecule has 0 bridgehead atoms. The monoisotopic (exact) mass is 431 g/mol. The number of hydrogen-bond acceptors (Lipinski definition) is 5. The van der Waals surface area contributed by atoms with E-state index < -0.39 is 11.8 Å². The van der Waals surface area contributed by atoms with Crippen molar-refractivity contribution in [3.05, 3.63) is 71.2 Å². The van der Waals surface area contributed by atoms with Gasteiger partial charge in [0.15, 0.2) is 0 Å². The Balaban J connectivity index is 1.91. The van der Waals surface area contributed by atoms with Crippen LogP contribution in [-0.2, 0) is 6.61 Å². The number of aromatic nitrogens is 2. The molecule has 0 saturated carbocycles. The van der Waals surface area contributed by atoms with Gasteiger partial charge in [-0.15, -0.1) is 0 Å². The number of aliphatic hydroxyl groups excluding tert-OH is 1. The second-order valence-corrected chi connectivity index (χ2v) is 7.31. The molecule has 0 saturated heterocycles. The van der Waals surface area contributed by atoms with Gasteiger partial charge in [0.2, 0.25) is 5.82 Å². The van der Waals surface area contributed by atoms with Crippen molar-refractivity contribution in [2.24, 2.45) is 0 Å². The van der Waals surface area contributed by atoms with Crippen LogP contribution in [0.4, 0.5) is 14.5 Å². The molecule has 0 fully saturated rings. The third kappa shape index (κ3) is 5.14. The second kappa shape index (κ2) is 8.81. The van der Waals surface area contributed by atoms with E-state index in [2.05, 4.69) is 20.0 Å². The van der Waals surface area contributed by atoms with Gasteiger partial charge in [-0.1, -0.05) is 24.3 Å². The number of benzene rings is 2. The number of aliphatic hydroxyl groups is 1. The normalized spacial score (nSPS) is 11.3. The largest absolute Gasteiger partial charge is 0.429 e. The summed E-state index contributed by atoms with van der Waals surface area (Å²) in [4.78, 5) is 21.0. The molecule has 3 aromatic rings. The molecule has 1 unspecified atom stereocenters. The summed E-state index contributed by atoms with van der Waals surface area (Å²) in [6.07, 6.45) is 1.38. The van der Waals surface area contributed by atoms with Crippen molar-refractivity contribution >= 4 is 20.8 Å². The van der Waals surface area contributed by atoms with Crippen LogP contribution in [0.1, 0.15) is 27.3 Å². The lowest BCUT2D eigenvalue weighted by atomic mass is 10.0. The van der Waals surface area contributed by atoms with Crippen LogP contribution in [0.15, 0.2) is 48.7 Å². The standard InChI is InChI=1S/C21H20F2N3O3P/c1-12-9-14(11-27)10-13(2)18(12)26-20(28)19-24-8-7-16(25-19)15-5-3-4-6-17(15)29-21(22,23)30/h3-10,27H,11,30H2,1-2H3,(H,26,28). The fraction of sp³-hybridized carbons (Fsp3) is 0.190. The zero-order chi connectivity index (χ0) is 21.9. The number of carbonyl (C=O) groups is 1. The number of aryl methyl sites for hydroxylation is 2. The van der Waals surface area contributed by atoms with Crippen molar-refractivity contribution in [1.29, 1.82) is 0 Å². The predicted octanol–water partition coefficient (Wildman–Crippen LogP) is 4.31. The Morgan fingerprint density at radius 3 is 2.50 bits per heavy atom. The number of rotatable bonds is 6. The van der Waals surface area contributed by atoms with E-state index in [4.69, 9.17) is 0 Å². The molecule has 6 nitrogen and oxygen atoms in total. The first kappa shape index (κ1) is 21.7. The summed E-state index contributed by atoms with van der Waals surface area (Å²) in [5, 5.41) is 12.1. The second-order valence-electron chi connectivity index (χ2n) is 6.64. The molecule has 0 aliphatic rings. The number of anilines is 1. The van der Waals surface area contributed by atoms with Crippen LogP contribution in [0.25, 0.3) is 11.3 Å². The Kier molecular flexibility index (Phi) is 6.39. The fourth-order valence-corrected chi connectivity index (χ4v) is 3.17. The average molecular weight is 431 g/mol. The van der Waals surface area contributed by atoms with E-state index in [0.29, 0.717) is 11.3 Å². The average Bonchev–Trinajstić information content (AvgIpc) is 2.69. The zero-order valence-electron chi connectivity index (χ0n) is 16.3. The number of carbonyl (C=O) groups excluding carboxylic acids is 1. The molecule has 9 heteroatoms. The molecule has 0 radical (unpaired) electrons. The van der Waals surface area contributed by atoms with E-state index in [9.17, 15) is 18.7 Å². The van der Waals surface area contributed by atoms with Crippen LogP contribution in [-0.4, -0.2) is 26.8 Å². The lowest BCUT2D eigenvalue weighted by Crippen LogP contribution is -2.18. The molecular formula is C21H20F2N3O3P. The number of nitrogens with zero attached hydrogens (tertiary/aromatic N) is 2. The summed E-state index contributed by atoms with van der Waals surface area (Å²) < 4.78 is 31.3. The number of hydrogen-bond donors (Lipinski definition) is 2. The van der Waals surface area contributed by atoms with E-state index in [1.165, 1.54) is 27.6 Å². The number of ether oxygens (including phenoxy) is 1. The van der Waals surface area contributed by atoms with E-state index in [1.54, 1.807) is 30.3 Å². The Morgan fingerprint density at radius 2 is 1.87 bits per heavy atom. The Morgan fingerprint density at radius 1 is 1.20 bits per heavy atom. The molecule has 2 aromatic carbocycles. The van der Waals surface area contributed by atoms with E-state index in [-0.39, 0.29) is 23.9 Å².